The summed E-state index contributed by atoms with van der Waals surface area (Å²) in [5.74, 6) is 1.66. The maximum atomic E-state index is 11.8. The van der Waals surface area contributed by atoms with Gasteiger partial charge in [0.1, 0.15) is 6.29 Å². The van der Waals surface area contributed by atoms with Gasteiger partial charge in [-0.15, -0.1) is 0 Å². The normalized spacial score (nSPS) is 48.8. The van der Waals surface area contributed by atoms with E-state index >= 15 is 0 Å². The van der Waals surface area contributed by atoms with E-state index in [1.165, 1.54) is 50.4 Å². The molecule has 0 radical (unpaired) electrons. The number of allylic oxidation sites excluding steroid dienone is 2. The first-order chi connectivity index (χ1) is 9.75. The van der Waals surface area contributed by atoms with Crippen LogP contribution < -0.4 is 0 Å². The van der Waals surface area contributed by atoms with Crippen LogP contribution in [-0.2, 0) is 4.79 Å². The third-order valence-electron chi connectivity index (χ3n) is 7.85. The Morgan fingerprint density at radius 1 is 1.05 bits per heavy atom. The van der Waals surface area contributed by atoms with E-state index in [0.29, 0.717) is 16.7 Å². The lowest BCUT2D eigenvalue weighted by molar-refractivity contribution is -0.149. The van der Waals surface area contributed by atoms with Crippen LogP contribution in [0.4, 0.5) is 0 Å². The van der Waals surface area contributed by atoms with Crippen LogP contribution in [0.1, 0.15) is 73.1 Å². The Kier molecular flexibility index (Phi) is 3.43. The molecule has 3 aliphatic carbocycles. The fraction of sp³-hybridized carbons (Fsp3) is 0.850. The highest BCUT2D eigenvalue weighted by atomic mass is 16.1. The zero-order valence-electron chi connectivity index (χ0n) is 14.5. The van der Waals surface area contributed by atoms with Crippen molar-refractivity contribution in [2.75, 3.05) is 0 Å². The molecule has 0 N–H and O–H groups in total. The van der Waals surface area contributed by atoms with Gasteiger partial charge in [0.2, 0.25) is 0 Å². The molecule has 0 aliphatic heterocycles. The van der Waals surface area contributed by atoms with Gasteiger partial charge >= 0.3 is 0 Å². The lowest BCUT2D eigenvalue weighted by atomic mass is 9.40. The third-order valence-corrected chi connectivity index (χ3v) is 7.85. The molecule has 0 unspecified atom stereocenters. The van der Waals surface area contributed by atoms with Crippen molar-refractivity contribution in [2.24, 2.45) is 34.0 Å². The van der Waals surface area contributed by atoms with Gasteiger partial charge in [0.15, 0.2) is 0 Å². The number of fused-ring (bicyclic) bond motifs is 3. The summed E-state index contributed by atoms with van der Waals surface area (Å²) in [6, 6.07) is 0. The fourth-order valence-corrected chi connectivity index (χ4v) is 6.81. The molecule has 0 bridgehead atoms. The van der Waals surface area contributed by atoms with E-state index in [1.54, 1.807) is 0 Å². The van der Waals surface area contributed by atoms with Gasteiger partial charge in [-0.05, 0) is 67.1 Å². The van der Waals surface area contributed by atoms with E-state index < -0.39 is 0 Å². The van der Waals surface area contributed by atoms with E-state index in [-0.39, 0.29) is 11.3 Å². The largest absolute Gasteiger partial charge is 0.303 e. The van der Waals surface area contributed by atoms with Gasteiger partial charge in [-0.3, -0.25) is 0 Å². The van der Waals surface area contributed by atoms with Gasteiger partial charge in [-0.25, -0.2) is 0 Å². The van der Waals surface area contributed by atoms with Crippen LogP contribution in [0.5, 0.6) is 0 Å². The van der Waals surface area contributed by atoms with E-state index in [1.807, 2.05) is 0 Å². The van der Waals surface area contributed by atoms with Crippen molar-refractivity contribution in [2.45, 2.75) is 73.1 Å². The molecule has 1 heteroatoms. The molecule has 0 spiro atoms. The Morgan fingerprint density at radius 3 is 2.43 bits per heavy atom. The number of carbonyl (C=O) groups excluding carboxylic acids is 1. The summed E-state index contributed by atoms with van der Waals surface area (Å²) in [5.41, 5.74) is 2.41. The minimum absolute atomic E-state index is 0.152. The predicted octanol–water partition coefficient (Wildman–Crippen LogP) is 5.40. The number of aldehydes is 1. The molecule has 0 aromatic carbocycles. The molecule has 0 heterocycles. The molecule has 0 amide bonds. The topological polar surface area (TPSA) is 17.1 Å². The molecule has 0 aromatic rings. The lowest BCUT2D eigenvalue weighted by Gasteiger charge is -2.64. The second kappa shape index (κ2) is 4.70. The number of rotatable bonds is 1. The highest BCUT2D eigenvalue weighted by Gasteiger charge is 2.60. The Morgan fingerprint density at radius 2 is 1.76 bits per heavy atom. The summed E-state index contributed by atoms with van der Waals surface area (Å²) in [7, 11) is 0. The summed E-state index contributed by atoms with van der Waals surface area (Å²) in [6.07, 6.45) is 11.5. The van der Waals surface area contributed by atoms with Crippen LogP contribution in [-0.4, -0.2) is 6.29 Å². The average molecular weight is 288 g/mol. The molecule has 2 saturated carbocycles. The Bertz CT molecular complexity index is 474. The first kappa shape index (κ1) is 15.3. The summed E-state index contributed by atoms with van der Waals surface area (Å²) in [4.78, 5) is 11.8. The standard InChI is InChI=1S/C20H32O/c1-14-7-8-17-19(4,15(14)13-21)12-9-16-18(2,3)10-6-11-20(16,17)5/h7,13,15-17H,6,8-12H2,1-5H3/t15-,16+,17+,19+,20+/m0/s1. The van der Waals surface area contributed by atoms with Crippen molar-refractivity contribution >= 4 is 6.29 Å². The molecule has 0 aromatic heterocycles. The maximum Gasteiger partial charge on any atom is 0.127 e. The molecule has 0 saturated heterocycles. The molecule has 1 nitrogen and oxygen atoms in total. The van der Waals surface area contributed by atoms with Gasteiger partial charge in [-0.1, -0.05) is 45.8 Å². The second-order valence-corrected chi connectivity index (χ2v) is 9.30. The number of carbonyl (C=O) groups is 1. The van der Waals surface area contributed by atoms with E-state index in [0.717, 1.165) is 5.92 Å². The monoisotopic (exact) mass is 288 g/mol. The van der Waals surface area contributed by atoms with E-state index in [2.05, 4.69) is 40.7 Å². The van der Waals surface area contributed by atoms with Crippen LogP contribution in [0.2, 0.25) is 0 Å². The molecular weight excluding hydrogens is 256 g/mol. The van der Waals surface area contributed by atoms with Crippen molar-refractivity contribution in [1.82, 2.24) is 0 Å². The maximum absolute atomic E-state index is 11.8. The average Bonchev–Trinajstić information content (AvgIpc) is 2.36. The van der Waals surface area contributed by atoms with Crippen molar-refractivity contribution in [3.05, 3.63) is 11.6 Å². The lowest BCUT2D eigenvalue weighted by Crippen LogP contribution is -2.57. The quantitative estimate of drug-likeness (QED) is 0.466. The third kappa shape index (κ3) is 1.99. The second-order valence-electron chi connectivity index (χ2n) is 9.30. The van der Waals surface area contributed by atoms with Crippen LogP contribution >= 0.6 is 0 Å². The predicted molar refractivity (Wildman–Crippen MR) is 88.0 cm³/mol. The molecule has 118 valence electrons. The Labute approximate surface area is 130 Å². The Balaban J connectivity index is 2.05. The van der Waals surface area contributed by atoms with Gasteiger partial charge < -0.3 is 4.79 Å². The highest BCUT2D eigenvalue weighted by Crippen LogP contribution is 2.67. The van der Waals surface area contributed by atoms with Gasteiger partial charge in [-0.2, -0.15) is 0 Å². The SMILES string of the molecule is CC1=CC[C@H]2[C@]3(C)CCCC(C)(C)[C@H]3CC[C@]2(C)[C@H]1C=O. The van der Waals surface area contributed by atoms with E-state index in [4.69, 9.17) is 0 Å². The molecule has 2 fully saturated rings. The summed E-state index contributed by atoms with van der Waals surface area (Å²) in [6.45, 7) is 12.1. The fourth-order valence-electron chi connectivity index (χ4n) is 6.81. The van der Waals surface area contributed by atoms with Crippen molar-refractivity contribution < 1.29 is 4.79 Å². The molecule has 3 rings (SSSR count). The zero-order chi connectivity index (χ0) is 15.5. The van der Waals surface area contributed by atoms with Crippen LogP contribution in [0.25, 0.3) is 0 Å². The van der Waals surface area contributed by atoms with Crippen LogP contribution in [0.3, 0.4) is 0 Å². The number of hydrogen-bond acceptors (Lipinski definition) is 1. The zero-order valence-corrected chi connectivity index (χ0v) is 14.5. The van der Waals surface area contributed by atoms with Gasteiger partial charge in [0, 0.05) is 5.92 Å². The molecule has 21 heavy (non-hydrogen) atoms. The minimum atomic E-state index is 0.152. The van der Waals surface area contributed by atoms with Crippen LogP contribution in [0.15, 0.2) is 11.6 Å². The smallest absolute Gasteiger partial charge is 0.127 e. The van der Waals surface area contributed by atoms with Gasteiger partial charge in [0.05, 0.1) is 0 Å². The van der Waals surface area contributed by atoms with Crippen molar-refractivity contribution in [3.63, 3.8) is 0 Å². The molecule has 3 aliphatic rings. The number of hydrogen-bond donors (Lipinski definition) is 0. The minimum Gasteiger partial charge on any atom is -0.303 e. The van der Waals surface area contributed by atoms with Crippen molar-refractivity contribution in [3.8, 4) is 0 Å². The van der Waals surface area contributed by atoms with Gasteiger partial charge in [0.25, 0.3) is 0 Å². The molecular formula is C20H32O. The Hall–Kier alpha value is -0.590. The summed E-state index contributed by atoms with van der Waals surface area (Å²) < 4.78 is 0. The summed E-state index contributed by atoms with van der Waals surface area (Å²) in [5, 5.41) is 0. The molecule has 5 atom stereocenters. The summed E-state index contributed by atoms with van der Waals surface area (Å²) >= 11 is 0. The highest BCUT2D eigenvalue weighted by molar-refractivity contribution is 5.61. The van der Waals surface area contributed by atoms with Crippen molar-refractivity contribution in [1.29, 1.82) is 0 Å². The van der Waals surface area contributed by atoms with Crippen LogP contribution in [0, 0.1) is 34.0 Å². The van der Waals surface area contributed by atoms with E-state index in [9.17, 15) is 4.79 Å². The first-order valence-electron chi connectivity index (χ1n) is 8.88. The first-order valence-corrected chi connectivity index (χ1v) is 8.88.